The van der Waals surface area contributed by atoms with Gasteiger partial charge in [-0.2, -0.15) is 0 Å². The highest BCUT2D eigenvalue weighted by Gasteiger charge is 2.16. The van der Waals surface area contributed by atoms with Gasteiger partial charge in [0.1, 0.15) is 0 Å². The minimum Gasteiger partial charge on any atom is -0.408 e. The first-order valence-corrected chi connectivity index (χ1v) is 10.4. The van der Waals surface area contributed by atoms with Gasteiger partial charge in [-0.15, -0.1) is 11.3 Å². The summed E-state index contributed by atoms with van der Waals surface area (Å²) < 4.78 is 33.1. The average Bonchev–Trinajstić information content (AvgIpc) is 3.19. The van der Waals surface area contributed by atoms with Crippen LogP contribution in [-0.4, -0.2) is 18.4 Å². The Kier molecular flexibility index (Phi) is 4.17. The predicted molar refractivity (Wildman–Crippen MR) is 103 cm³/mol. The molecular formula is C16H10BrN3O4S2. The van der Waals surface area contributed by atoms with Gasteiger partial charge in [0, 0.05) is 15.4 Å². The van der Waals surface area contributed by atoms with E-state index in [9.17, 15) is 13.2 Å². The molecule has 0 aliphatic rings. The number of fused-ring (bicyclic) bond motifs is 1. The minimum atomic E-state index is -3.72. The molecule has 132 valence electrons. The van der Waals surface area contributed by atoms with E-state index in [1.165, 1.54) is 23.5 Å². The molecule has 0 unspecified atom stereocenters. The standard InChI is InChI=1S/C16H10BrN3O4S2/c17-10-2-4-11(5-3-10)26(22,23)20-15-18-13(8-25-15)9-1-6-12-14(7-9)24-16(21)19-12/h1-8H,(H,18,20)(H,19,21). The minimum absolute atomic E-state index is 0.146. The highest BCUT2D eigenvalue weighted by molar-refractivity contribution is 9.10. The van der Waals surface area contributed by atoms with E-state index >= 15 is 0 Å². The summed E-state index contributed by atoms with van der Waals surface area (Å²) in [5.74, 6) is -0.529. The number of aromatic nitrogens is 2. The Morgan fingerprint density at radius 1 is 1.15 bits per heavy atom. The maximum absolute atomic E-state index is 12.4. The molecule has 2 aromatic carbocycles. The smallest absolute Gasteiger partial charge is 0.408 e. The molecule has 0 bridgehead atoms. The molecule has 2 heterocycles. The predicted octanol–water partition coefficient (Wildman–Crippen LogP) is 3.81. The molecule has 0 spiro atoms. The van der Waals surface area contributed by atoms with Crippen molar-refractivity contribution < 1.29 is 12.8 Å². The van der Waals surface area contributed by atoms with Gasteiger partial charge in [-0.1, -0.05) is 22.0 Å². The number of hydrogen-bond donors (Lipinski definition) is 2. The summed E-state index contributed by atoms with van der Waals surface area (Å²) in [4.78, 5) is 18.3. The number of oxazole rings is 1. The van der Waals surface area contributed by atoms with Gasteiger partial charge < -0.3 is 4.42 Å². The first kappa shape index (κ1) is 17.0. The third-order valence-electron chi connectivity index (χ3n) is 3.57. The molecule has 2 aromatic heterocycles. The number of aromatic amines is 1. The zero-order chi connectivity index (χ0) is 18.3. The first-order chi connectivity index (χ1) is 12.4. The second-order valence-electron chi connectivity index (χ2n) is 5.32. The quantitative estimate of drug-likeness (QED) is 0.490. The van der Waals surface area contributed by atoms with Crippen LogP contribution in [0, 0.1) is 0 Å². The third kappa shape index (κ3) is 3.30. The summed E-state index contributed by atoms with van der Waals surface area (Å²) in [6.45, 7) is 0. The van der Waals surface area contributed by atoms with Crippen molar-refractivity contribution in [2.75, 3.05) is 4.72 Å². The maximum Gasteiger partial charge on any atom is 0.417 e. The SMILES string of the molecule is O=c1[nH]c2ccc(-c3csc(NS(=O)(=O)c4ccc(Br)cc4)n3)cc2o1. The Hall–Kier alpha value is -2.43. The second-order valence-corrected chi connectivity index (χ2v) is 8.78. The zero-order valence-corrected chi connectivity index (χ0v) is 16.1. The molecule has 0 aliphatic carbocycles. The normalized spacial score (nSPS) is 11.7. The Bertz CT molecular complexity index is 1260. The lowest BCUT2D eigenvalue weighted by atomic mass is 10.1. The average molecular weight is 452 g/mol. The van der Waals surface area contributed by atoms with E-state index in [1.807, 2.05) is 0 Å². The van der Waals surface area contributed by atoms with E-state index in [0.29, 0.717) is 22.4 Å². The molecule has 0 atom stereocenters. The van der Waals surface area contributed by atoms with Crippen molar-refractivity contribution in [2.45, 2.75) is 4.90 Å². The Morgan fingerprint density at radius 3 is 2.69 bits per heavy atom. The molecule has 26 heavy (non-hydrogen) atoms. The van der Waals surface area contributed by atoms with Crippen LogP contribution < -0.4 is 10.5 Å². The van der Waals surface area contributed by atoms with E-state index in [0.717, 1.165) is 4.47 Å². The Balaban J connectivity index is 1.62. The van der Waals surface area contributed by atoms with Gasteiger partial charge in [0.25, 0.3) is 10.0 Å². The largest absolute Gasteiger partial charge is 0.417 e. The van der Waals surface area contributed by atoms with Crippen LogP contribution >= 0.6 is 27.3 Å². The van der Waals surface area contributed by atoms with Gasteiger partial charge in [-0.05, 0) is 36.4 Å². The van der Waals surface area contributed by atoms with Crippen LogP contribution in [0.25, 0.3) is 22.4 Å². The molecule has 0 amide bonds. The second kappa shape index (κ2) is 6.38. The number of anilines is 1. The summed E-state index contributed by atoms with van der Waals surface area (Å²) in [7, 11) is -3.72. The van der Waals surface area contributed by atoms with Gasteiger partial charge >= 0.3 is 5.76 Å². The number of nitrogens with one attached hydrogen (secondary N) is 2. The van der Waals surface area contributed by atoms with E-state index in [4.69, 9.17) is 4.42 Å². The summed E-state index contributed by atoms with van der Waals surface area (Å²) >= 11 is 4.44. The lowest BCUT2D eigenvalue weighted by Gasteiger charge is -2.05. The molecule has 0 aliphatic heterocycles. The van der Waals surface area contributed by atoms with Gasteiger partial charge in [-0.3, -0.25) is 9.71 Å². The number of thiazole rings is 1. The van der Waals surface area contributed by atoms with Crippen LogP contribution in [0.5, 0.6) is 0 Å². The van der Waals surface area contributed by atoms with Crippen LogP contribution in [-0.2, 0) is 10.0 Å². The molecule has 7 nitrogen and oxygen atoms in total. The monoisotopic (exact) mass is 451 g/mol. The Morgan fingerprint density at radius 2 is 1.92 bits per heavy atom. The number of H-pyrrole nitrogens is 1. The fourth-order valence-corrected chi connectivity index (χ4v) is 4.58. The van der Waals surface area contributed by atoms with Crippen LogP contribution in [0.15, 0.2) is 66.4 Å². The van der Waals surface area contributed by atoms with Gasteiger partial charge in [0.15, 0.2) is 10.7 Å². The number of hydrogen-bond acceptors (Lipinski definition) is 6. The number of halogens is 1. The highest BCUT2D eigenvalue weighted by atomic mass is 79.9. The summed E-state index contributed by atoms with van der Waals surface area (Å²) in [5.41, 5.74) is 2.29. The molecule has 0 radical (unpaired) electrons. The fourth-order valence-electron chi connectivity index (χ4n) is 2.35. The van der Waals surface area contributed by atoms with Crippen LogP contribution in [0.2, 0.25) is 0 Å². The van der Waals surface area contributed by atoms with Crippen molar-refractivity contribution in [2.24, 2.45) is 0 Å². The Labute approximate surface area is 159 Å². The summed E-state index contributed by atoms with van der Waals surface area (Å²) in [6, 6.07) is 11.5. The van der Waals surface area contributed by atoms with Gasteiger partial charge in [0.05, 0.1) is 16.1 Å². The van der Waals surface area contributed by atoms with E-state index in [2.05, 4.69) is 30.6 Å². The van der Waals surface area contributed by atoms with Crippen molar-refractivity contribution in [1.29, 1.82) is 0 Å². The molecule has 0 saturated heterocycles. The lowest BCUT2D eigenvalue weighted by Crippen LogP contribution is -2.12. The number of nitrogens with zero attached hydrogens (tertiary/aromatic N) is 1. The molecular weight excluding hydrogens is 442 g/mol. The van der Waals surface area contributed by atoms with Crippen LogP contribution in [0.3, 0.4) is 0 Å². The topological polar surface area (TPSA) is 105 Å². The fraction of sp³-hybridized carbons (Fsp3) is 0. The zero-order valence-electron chi connectivity index (χ0n) is 12.9. The van der Waals surface area contributed by atoms with Gasteiger partial charge in [-0.25, -0.2) is 18.2 Å². The summed E-state index contributed by atoms with van der Waals surface area (Å²) in [6.07, 6.45) is 0. The van der Waals surface area contributed by atoms with Crippen molar-refractivity contribution in [3.63, 3.8) is 0 Å². The number of sulfonamides is 1. The van der Waals surface area contributed by atoms with E-state index in [1.54, 1.807) is 35.7 Å². The van der Waals surface area contributed by atoms with E-state index < -0.39 is 15.8 Å². The highest BCUT2D eigenvalue weighted by Crippen LogP contribution is 2.28. The van der Waals surface area contributed by atoms with Crippen LogP contribution in [0.1, 0.15) is 0 Å². The number of rotatable bonds is 4. The van der Waals surface area contributed by atoms with Crippen molar-refractivity contribution in [3.8, 4) is 11.3 Å². The molecule has 2 N–H and O–H groups in total. The molecule has 0 saturated carbocycles. The van der Waals surface area contributed by atoms with Crippen molar-refractivity contribution >= 4 is 53.5 Å². The molecule has 4 aromatic rings. The van der Waals surface area contributed by atoms with Crippen molar-refractivity contribution in [3.05, 3.63) is 62.9 Å². The number of benzene rings is 2. The molecule has 10 heteroatoms. The van der Waals surface area contributed by atoms with E-state index in [-0.39, 0.29) is 10.0 Å². The first-order valence-electron chi connectivity index (χ1n) is 7.28. The third-order valence-corrected chi connectivity index (χ3v) is 6.34. The van der Waals surface area contributed by atoms with Gasteiger partial charge in [0.2, 0.25) is 0 Å². The van der Waals surface area contributed by atoms with Crippen molar-refractivity contribution in [1.82, 2.24) is 9.97 Å². The summed E-state index contributed by atoms with van der Waals surface area (Å²) in [5, 5.41) is 1.98. The lowest BCUT2D eigenvalue weighted by molar-refractivity contribution is 0.555. The molecule has 4 rings (SSSR count). The van der Waals surface area contributed by atoms with Crippen LogP contribution in [0.4, 0.5) is 5.13 Å². The molecule has 0 fully saturated rings. The maximum atomic E-state index is 12.4.